The molecule has 0 radical (unpaired) electrons. The summed E-state index contributed by atoms with van der Waals surface area (Å²) in [7, 11) is 0. The van der Waals surface area contributed by atoms with Gasteiger partial charge in [-0.1, -0.05) is 6.42 Å². The molecule has 0 aromatic rings. The summed E-state index contributed by atoms with van der Waals surface area (Å²) < 4.78 is 0. The highest BCUT2D eigenvalue weighted by Crippen LogP contribution is 2.16. The quantitative estimate of drug-likeness (QED) is 0.710. The van der Waals surface area contributed by atoms with Crippen molar-refractivity contribution in [3.8, 4) is 0 Å². The fourth-order valence-electron chi connectivity index (χ4n) is 2.33. The second-order valence-corrected chi connectivity index (χ2v) is 5.71. The average molecular weight is 230 g/mol. The summed E-state index contributed by atoms with van der Waals surface area (Å²) in [6.45, 7) is 4.81. The molecule has 15 heavy (non-hydrogen) atoms. The van der Waals surface area contributed by atoms with Gasteiger partial charge in [0.05, 0.1) is 0 Å². The fourth-order valence-corrected chi connectivity index (χ4v) is 2.82. The summed E-state index contributed by atoms with van der Waals surface area (Å²) in [4.78, 5) is 2.61. The van der Waals surface area contributed by atoms with Crippen LogP contribution >= 0.6 is 11.8 Å². The van der Waals surface area contributed by atoms with Crippen molar-refractivity contribution in [1.82, 2.24) is 4.90 Å². The average Bonchev–Trinajstić information content (AvgIpc) is 2.20. The topological polar surface area (TPSA) is 29.3 Å². The predicted molar refractivity (Wildman–Crippen MR) is 70.5 cm³/mol. The van der Waals surface area contributed by atoms with Crippen molar-refractivity contribution in [2.45, 2.75) is 51.1 Å². The fraction of sp³-hybridized carbons (Fsp3) is 1.00. The molecule has 1 heterocycles. The van der Waals surface area contributed by atoms with Gasteiger partial charge in [0.1, 0.15) is 0 Å². The van der Waals surface area contributed by atoms with E-state index in [2.05, 4.69) is 18.1 Å². The SMILES string of the molecule is CSCCCCCN1CCC(N)CC1C. The van der Waals surface area contributed by atoms with Crippen molar-refractivity contribution in [2.75, 3.05) is 25.1 Å². The van der Waals surface area contributed by atoms with Gasteiger partial charge in [-0.05, 0) is 57.7 Å². The lowest BCUT2D eigenvalue weighted by Crippen LogP contribution is -2.45. The van der Waals surface area contributed by atoms with Gasteiger partial charge < -0.3 is 10.6 Å². The Kier molecular flexibility index (Phi) is 6.69. The van der Waals surface area contributed by atoms with E-state index < -0.39 is 0 Å². The molecule has 0 spiro atoms. The maximum Gasteiger partial charge on any atom is 0.00816 e. The molecular weight excluding hydrogens is 204 g/mol. The molecule has 0 saturated carbocycles. The van der Waals surface area contributed by atoms with E-state index in [4.69, 9.17) is 5.73 Å². The minimum Gasteiger partial charge on any atom is -0.328 e. The molecule has 0 aliphatic carbocycles. The third-order valence-corrected chi connectivity index (χ3v) is 4.05. The van der Waals surface area contributed by atoms with E-state index in [-0.39, 0.29) is 0 Å². The molecule has 2 atom stereocenters. The van der Waals surface area contributed by atoms with Crippen molar-refractivity contribution in [3.63, 3.8) is 0 Å². The third kappa shape index (κ3) is 5.23. The number of unbranched alkanes of at least 4 members (excludes halogenated alkanes) is 2. The Morgan fingerprint density at radius 3 is 2.80 bits per heavy atom. The normalized spacial score (nSPS) is 28.2. The molecule has 1 aliphatic rings. The Balaban J connectivity index is 2.05. The van der Waals surface area contributed by atoms with Gasteiger partial charge in [0.25, 0.3) is 0 Å². The van der Waals surface area contributed by atoms with Crippen LogP contribution in [0.1, 0.15) is 39.0 Å². The van der Waals surface area contributed by atoms with E-state index in [9.17, 15) is 0 Å². The number of likely N-dealkylation sites (tertiary alicyclic amines) is 1. The summed E-state index contributed by atoms with van der Waals surface area (Å²) in [5, 5.41) is 0. The molecule has 1 aliphatic heterocycles. The Labute approximate surface area is 99.0 Å². The molecule has 2 nitrogen and oxygen atoms in total. The minimum absolute atomic E-state index is 0.452. The maximum absolute atomic E-state index is 5.95. The van der Waals surface area contributed by atoms with Crippen molar-refractivity contribution in [1.29, 1.82) is 0 Å². The van der Waals surface area contributed by atoms with Crippen molar-refractivity contribution in [3.05, 3.63) is 0 Å². The molecule has 0 aromatic carbocycles. The molecule has 0 aromatic heterocycles. The summed E-state index contributed by atoms with van der Waals surface area (Å²) >= 11 is 1.96. The van der Waals surface area contributed by atoms with Crippen LogP contribution in [0.3, 0.4) is 0 Å². The lowest BCUT2D eigenvalue weighted by Gasteiger charge is -2.36. The number of piperidine rings is 1. The highest BCUT2D eigenvalue weighted by Gasteiger charge is 2.22. The first kappa shape index (κ1) is 13.3. The summed E-state index contributed by atoms with van der Waals surface area (Å²) in [6, 6.07) is 1.15. The molecule has 1 saturated heterocycles. The minimum atomic E-state index is 0.452. The van der Waals surface area contributed by atoms with Crippen LogP contribution in [0.5, 0.6) is 0 Å². The highest BCUT2D eigenvalue weighted by molar-refractivity contribution is 7.98. The first-order valence-corrected chi connectivity index (χ1v) is 7.62. The molecule has 1 fully saturated rings. The van der Waals surface area contributed by atoms with Gasteiger partial charge in [-0.15, -0.1) is 0 Å². The molecule has 2 N–H and O–H groups in total. The number of nitrogens with two attached hydrogens (primary N) is 1. The van der Waals surface area contributed by atoms with Crippen molar-refractivity contribution < 1.29 is 0 Å². The largest absolute Gasteiger partial charge is 0.328 e. The van der Waals surface area contributed by atoms with E-state index in [1.54, 1.807) is 0 Å². The lowest BCUT2D eigenvalue weighted by molar-refractivity contribution is 0.145. The number of rotatable bonds is 6. The smallest absolute Gasteiger partial charge is 0.00816 e. The molecule has 1 rings (SSSR count). The van der Waals surface area contributed by atoms with Crippen LogP contribution in [-0.4, -0.2) is 42.1 Å². The first-order chi connectivity index (χ1) is 7.24. The van der Waals surface area contributed by atoms with Gasteiger partial charge in [-0.3, -0.25) is 0 Å². The highest BCUT2D eigenvalue weighted by atomic mass is 32.2. The van der Waals surface area contributed by atoms with Crippen LogP contribution in [0.4, 0.5) is 0 Å². The summed E-state index contributed by atoms with van der Waals surface area (Å²) in [6.07, 6.45) is 8.69. The monoisotopic (exact) mass is 230 g/mol. The van der Waals surface area contributed by atoms with E-state index in [1.165, 1.54) is 50.9 Å². The summed E-state index contributed by atoms with van der Waals surface area (Å²) in [5.41, 5.74) is 5.95. The van der Waals surface area contributed by atoms with Gasteiger partial charge >= 0.3 is 0 Å². The van der Waals surface area contributed by atoms with Crippen LogP contribution in [0.15, 0.2) is 0 Å². The Hall–Kier alpha value is 0.270. The molecule has 0 bridgehead atoms. The number of thioether (sulfide) groups is 1. The maximum atomic E-state index is 5.95. The van der Waals surface area contributed by atoms with Crippen LogP contribution in [-0.2, 0) is 0 Å². The van der Waals surface area contributed by atoms with Crippen LogP contribution < -0.4 is 5.73 Å². The standard InChI is InChI=1S/C12H26N2S/c1-11-10-12(13)6-8-14(11)7-4-3-5-9-15-2/h11-12H,3-10,13H2,1-2H3. The van der Waals surface area contributed by atoms with E-state index in [0.29, 0.717) is 12.1 Å². The van der Waals surface area contributed by atoms with Gasteiger partial charge in [0.2, 0.25) is 0 Å². The van der Waals surface area contributed by atoms with Crippen molar-refractivity contribution >= 4 is 11.8 Å². The second-order valence-electron chi connectivity index (χ2n) is 4.72. The van der Waals surface area contributed by atoms with Crippen LogP contribution in [0, 0.1) is 0 Å². The zero-order chi connectivity index (χ0) is 11.1. The van der Waals surface area contributed by atoms with Crippen LogP contribution in [0.2, 0.25) is 0 Å². The second kappa shape index (κ2) is 7.53. The van der Waals surface area contributed by atoms with Gasteiger partial charge in [-0.2, -0.15) is 11.8 Å². The Morgan fingerprint density at radius 2 is 2.13 bits per heavy atom. The van der Waals surface area contributed by atoms with E-state index >= 15 is 0 Å². The van der Waals surface area contributed by atoms with Gasteiger partial charge in [0.15, 0.2) is 0 Å². The van der Waals surface area contributed by atoms with E-state index in [1.807, 2.05) is 11.8 Å². The Morgan fingerprint density at radius 1 is 1.33 bits per heavy atom. The molecule has 90 valence electrons. The number of hydrogen-bond donors (Lipinski definition) is 1. The molecule has 3 heteroatoms. The zero-order valence-electron chi connectivity index (χ0n) is 10.2. The first-order valence-electron chi connectivity index (χ1n) is 6.22. The lowest BCUT2D eigenvalue weighted by atomic mass is 9.99. The van der Waals surface area contributed by atoms with Gasteiger partial charge in [0, 0.05) is 12.1 Å². The number of nitrogens with zero attached hydrogens (tertiary/aromatic N) is 1. The third-order valence-electron chi connectivity index (χ3n) is 3.35. The van der Waals surface area contributed by atoms with Crippen molar-refractivity contribution in [2.24, 2.45) is 5.73 Å². The molecule has 2 unspecified atom stereocenters. The molecular formula is C12H26N2S. The predicted octanol–water partition coefficient (Wildman–Crippen LogP) is 2.33. The molecule has 0 amide bonds. The Bertz CT molecular complexity index is 164. The summed E-state index contributed by atoms with van der Waals surface area (Å²) in [5.74, 6) is 1.32. The van der Waals surface area contributed by atoms with E-state index in [0.717, 1.165) is 0 Å². The zero-order valence-corrected chi connectivity index (χ0v) is 11.1. The van der Waals surface area contributed by atoms with Crippen LogP contribution in [0.25, 0.3) is 0 Å². The number of hydrogen-bond acceptors (Lipinski definition) is 3. The van der Waals surface area contributed by atoms with Gasteiger partial charge in [-0.25, -0.2) is 0 Å².